The molecule has 5 nitrogen and oxygen atoms in total. The van der Waals surface area contributed by atoms with E-state index in [9.17, 15) is 4.79 Å². The number of benzene rings is 1. The summed E-state index contributed by atoms with van der Waals surface area (Å²) in [5.74, 6) is 1.53. The summed E-state index contributed by atoms with van der Waals surface area (Å²) in [7, 11) is 0. The number of anilines is 1. The first-order valence-electron chi connectivity index (χ1n) is 7.12. The quantitative estimate of drug-likeness (QED) is 0.785. The predicted octanol–water partition coefficient (Wildman–Crippen LogP) is 2.20. The molecule has 1 fully saturated rings. The molecule has 1 aliphatic heterocycles. The lowest BCUT2D eigenvalue weighted by atomic mass is 9.94. The van der Waals surface area contributed by atoms with E-state index in [2.05, 4.69) is 27.5 Å². The molecule has 2 atom stereocenters. The fourth-order valence-electron chi connectivity index (χ4n) is 2.75. The SMILES string of the molecule is Cc1nc2ccc(NC(=O)C3CC(C)CCN3)cc2[nH]1. The lowest BCUT2D eigenvalue weighted by Crippen LogP contribution is -2.45. The molecule has 2 aromatic rings. The molecule has 2 heterocycles. The van der Waals surface area contributed by atoms with Gasteiger partial charge in [-0.1, -0.05) is 6.92 Å². The van der Waals surface area contributed by atoms with E-state index in [1.807, 2.05) is 25.1 Å². The number of hydrogen-bond donors (Lipinski definition) is 3. The van der Waals surface area contributed by atoms with Crippen LogP contribution in [0.1, 0.15) is 25.6 Å². The number of piperidine rings is 1. The van der Waals surface area contributed by atoms with Crippen molar-refractivity contribution in [1.82, 2.24) is 15.3 Å². The van der Waals surface area contributed by atoms with Crippen LogP contribution in [0.25, 0.3) is 11.0 Å². The predicted molar refractivity (Wildman–Crippen MR) is 79.6 cm³/mol. The first kappa shape index (κ1) is 13.1. The Morgan fingerprint density at radius 3 is 3.10 bits per heavy atom. The number of H-pyrrole nitrogens is 1. The molecule has 3 rings (SSSR count). The number of aromatic nitrogens is 2. The molecule has 20 heavy (non-hydrogen) atoms. The van der Waals surface area contributed by atoms with Gasteiger partial charge in [-0.05, 0) is 50.4 Å². The summed E-state index contributed by atoms with van der Waals surface area (Å²) in [6.45, 7) is 5.03. The summed E-state index contributed by atoms with van der Waals surface area (Å²) < 4.78 is 0. The van der Waals surface area contributed by atoms with Crippen molar-refractivity contribution in [2.24, 2.45) is 5.92 Å². The molecular formula is C15H20N4O. The molecule has 1 saturated heterocycles. The minimum atomic E-state index is -0.0852. The van der Waals surface area contributed by atoms with Gasteiger partial charge in [0.15, 0.2) is 0 Å². The molecule has 106 valence electrons. The van der Waals surface area contributed by atoms with E-state index in [4.69, 9.17) is 0 Å². The van der Waals surface area contributed by atoms with Crippen molar-refractivity contribution >= 4 is 22.6 Å². The van der Waals surface area contributed by atoms with Crippen molar-refractivity contribution in [2.45, 2.75) is 32.7 Å². The normalized spacial score (nSPS) is 22.9. The van der Waals surface area contributed by atoms with Crippen molar-refractivity contribution in [3.05, 3.63) is 24.0 Å². The second-order valence-electron chi connectivity index (χ2n) is 5.68. The van der Waals surface area contributed by atoms with Crippen LogP contribution in [0.5, 0.6) is 0 Å². The third-order valence-corrected chi connectivity index (χ3v) is 3.85. The van der Waals surface area contributed by atoms with E-state index in [-0.39, 0.29) is 11.9 Å². The zero-order chi connectivity index (χ0) is 14.1. The second-order valence-corrected chi connectivity index (χ2v) is 5.68. The van der Waals surface area contributed by atoms with Crippen LogP contribution in [-0.4, -0.2) is 28.5 Å². The molecule has 1 aromatic heterocycles. The Balaban J connectivity index is 1.73. The van der Waals surface area contributed by atoms with Gasteiger partial charge >= 0.3 is 0 Å². The van der Waals surface area contributed by atoms with E-state index < -0.39 is 0 Å². The standard InChI is InChI=1S/C15H20N4O/c1-9-5-6-16-14(7-9)15(20)19-11-3-4-12-13(8-11)18-10(2)17-12/h3-4,8-9,14,16H,5-7H2,1-2H3,(H,17,18)(H,19,20). The number of nitrogens with zero attached hydrogens (tertiary/aromatic N) is 1. The number of imidazole rings is 1. The Morgan fingerprint density at radius 2 is 2.30 bits per heavy atom. The molecule has 0 spiro atoms. The highest BCUT2D eigenvalue weighted by Gasteiger charge is 2.24. The number of aryl methyl sites for hydroxylation is 1. The average molecular weight is 272 g/mol. The average Bonchev–Trinajstić information content (AvgIpc) is 2.78. The van der Waals surface area contributed by atoms with Crippen molar-refractivity contribution in [1.29, 1.82) is 0 Å². The first-order valence-corrected chi connectivity index (χ1v) is 7.12. The van der Waals surface area contributed by atoms with E-state index >= 15 is 0 Å². The highest BCUT2D eigenvalue weighted by molar-refractivity contribution is 5.96. The maximum Gasteiger partial charge on any atom is 0.241 e. The largest absolute Gasteiger partial charge is 0.342 e. The van der Waals surface area contributed by atoms with E-state index in [0.29, 0.717) is 5.92 Å². The Morgan fingerprint density at radius 1 is 1.45 bits per heavy atom. The van der Waals surface area contributed by atoms with Gasteiger partial charge in [0.05, 0.1) is 17.1 Å². The molecule has 5 heteroatoms. The molecular weight excluding hydrogens is 252 g/mol. The van der Waals surface area contributed by atoms with Gasteiger partial charge in [0.1, 0.15) is 5.82 Å². The molecule has 1 aliphatic rings. The molecule has 1 amide bonds. The van der Waals surface area contributed by atoms with E-state index in [1.54, 1.807) is 0 Å². The van der Waals surface area contributed by atoms with Crippen LogP contribution in [-0.2, 0) is 4.79 Å². The van der Waals surface area contributed by atoms with Crippen molar-refractivity contribution in [2.75, 3.05) is 11.9 Å². The summed E-state index contributed by atoms with van der Waals surface area (Å²) >= 11 is 0. The Hall–Kier alpha value is -1.88. The summed E-state index contributed by atoms with van der Waals surface area (Å²) in [4.78, 5) is 19.8. The summed E-state index contributed by atoms with van der Waals surface area (Å²) in [5.41, 5.74) is 2.68. The lowest BCUT2D eigenvalue weighted by Gasteiger charge is -2.27. The maximum atomic E-state index is 12.3. The van der Waals surface area contributed by atoms with Gasteiger partial charge in [0.2, 0.25) is 5.91 Å². The number of fused-ring (bicyclic) bond motifs is 1. The van der Waals surface area contributed by atoms with Gasteiger partial charge in [-0.3, -0.25) is 4.79 Å². The number of hydrogen-bond acceptors (Lipinski definition) is 3. The molecule has 0 radical (unpaired) electrons. The van der Waals surface area contributed by atoms with Gasteiger partial charge in [-0.2, -0.15) is 0 Å². The third kappa shape index (κ3) is 2.67. The van der Waals surface area contributed by atoms with Gasteiger partial charge in [-0.15, -0.1) is 0 Å². The van der Waals surface area contributed by atoms with Crippen LogP contribution in [0, 0.1) is 12.8 Å². The summed E-state index contributed by atoms with van der Waals surface area (Å²) in [5, 5.41) is 6.26. The first-order chi connectivity index (χ1) is 9.61. The van der Waals surface area contributed by atoms with E-state index in [1.165, 1.54) is 0 Å². The smallest absolute Gasteiger partial charge is 0.241 e. The van der Waals surface area contributed by atoms with Gasteiger partial charge < -0.3 is 15.6 Å². The Bertz CT molecular complexity index is 634. The molecule has 2 unspecified atom stereocenters. The highest BCUT2D eigenvalue weighted by Crippen LogP contribution is 2.19. The van der Waals surface area contributed by atoms with Crippen molar-refractivity contribution in [3.63, 3.8) is 0 Å². The highest BCUT2D eigenvalue weighted by atomic mass is 16.2. The molecule has 0 bridgehead atoms. The number of aromatic amines is 1. The number of nitrogens with one attached hydrogen (secondary N) is 3. The number of amides is 1. The molecule has 0 aliphatic carbocycles. The summed E-state index contributed by atoms with van der Waals surface area (Å²) in [6, 6.07) is 5.66. The molecule has 1 aromatic carbocycles. The number of rotatable bonds is 2. The molecule has 3 N–H and O–H groups in total. The van der Waals surface area contributed by atoms with Gasteiger partial charge in [-0.25, -0.2) is 4.98 Å². The van der Waals surface area contributed by atoms with Crippen molar-refractivity contribution in [3.8, 4) is 0 Å². The summed E-state index contributed by atoms with van der Waals surface area (Å²) in [6.07, 6.45) is 2.04. The minimum Gasteiger partial charge on any atom is -0.342 e. The van der Waals surface area contributed by atoms with Gasteiger partial charge in [0, 0.05) is 5.69 Å². The second kappa shape index (κ2) is 5.25. The van der Waals surface area contributed by atoms with Crippen molar-refractivity contribution < 1.29 is 4.79 Å². The van der Waals surface area contributed by atoms with Gasteiger partial charge in [0.25, 0.3) is 0 Å². The third-order valence-electron chi connectivity index (χ3n) is 3.85. The van der Waals surface area contributed by atoms with E-state index in [0.717, 1.165) is 41.9 Å². The Labute approximate surface area is 118 Å². The van der Waals surface area contributed by atoms with Crippen LogP contribution in [0.2, 0.25) is 0 Å². The number of carbonyl (C=O) groups is 1. The molecule has 0 saturated carbocycles. The number of carbonyl (C=O) groups excluding carboxylic acids is 1. The maximum absolute atomic E-state index is 12.3. The minimum absolute atomic E-state index is 0.0483. The topological polar surface area (TPSA) is 69.8 Å². The fourth-order valence-corrected chi connectivity index (χ4v) is 2.75. The monoisotopic (exact) mass is 272 g/mol. The van der Waals surface area contributed by atoms with Crippen LogP contribution in [0.3, 0.4) is 0 Å². The Kier molecular flexibility index (Phi) is 3.44. The zero-order valence-corrected chi connectivity index (χ0v) is 11.9. The van der Waals surface area contributed by atoms with Crippen LogP contribution in [0.15, 0.2) is 18.2 Å². The van der Waals surface area contributed by atoms with Crippen LogP contribution < -0.4 is 10.6 Å². The van der Waals surface area contributed by atoms with Crippen LogP contribution >= 0.6 is 0 Å². The zero-order valence-electron chi connectivity index (χ0n) is 11.9. The fraction of sp³-hybridized carbons (Fsp3) is 0.467. The van der Waals surface area contributed by atoms with Crippen LogP contribution in [0.4, 0.5) is 5.69 Å². The lowest BCUT2D eigenvalue weighted by molar-refractivity contribution is -0.119.